The van der Waals surface area contributed by atoms with E-state index in [9.17, 15) is 9.59 Å². The second kappa shape index (κ2) is 7.26. The van der Waals surface area contributed by atoms with Gasteiger partial charge < -0.3 is 16.0 Å². The summed E-state index contributed by atoms with van der Waals surface area (Å²) in [5, 5.41) is 2.69. The fourth-order valence-corrected chi connectivity index (χ4v) is 2.06. The third-order valence-corrected chi connectivity index (χ3v) is 3.21. The van der Waals surface area contributed by atoms with Crippen molar-refractivity contribution in [2.45, 2.75) is 25.8 Å². The first-order chi connectivity index (χ1) is 9.08. The maximum atomic E-state index is 12.1. The van der Waals surface area contributed by atoms with Crippen LogP contribution >= 0.6 is 12.4 Å². The van der Waals surface area contributed by atoms with Crippen molar-refractivity contribution in [3.05, 3.63) is 29.8 Å². The van der Waals surface area contributed by atoms with Gasteiger partial charge in [0.25, 0.3) is 5.91 Å². The largest absolute Gasteiger partial charge is 0.339 e. The van der Waals surface area contributed by atoms with Crippen molar-refractivity contribution in [1.29, 1.82) is 0 Å². The first-order valence-corrected chi connectivity index (χ1v) is 6.54. The van der Waals surface area contributed by atoms with Gasteiger partial charge in [-0.15, -0.1) is 12.4 Å². The SMILES string of the molecule is C[C@@H](N)C(=O)Nc1ccc(C(=O)N2CCCC2)cc1.Cl. The van der Waals surface area contributed by atoms with Gasteiger partial charge in [-0.3, -0.25) is 9.59 Å². The number of anilines is 1. The maximum absolute atomic E-state index is 12.1. The quantitative estimate of drug-likeness (QED) is 0.890. The third kappa shape index (κ3) is 3.95. The number of amides is 2. The van der Waals surface area contributed by atoms with Gasteiger partial charge in [0.2, 0.25) is 5.91 Å². The van der Waals surface area contributed by atoms with Crippen molar-refractivity contribution in [3.63, 3.8) is 0 Å². The van der Waals surface area contributed by atoms with Crippen molar-refractivity contribution in [2.24, 2.45) is 5.73 Å². The third-order valence-electron chi connectivity index (χ3n) is 3.21. The topological polar surface area (TPSA) is 75.4 Å². The van der Waals surface area contributed by atoms with Crippen LogP contribution in [-0.4, -0.2) is 35.8 Å². The zero-order chi connectivity index (χ0) is 13.8. The van der Waals surface area contributed by atoms with Gasteiger partial charge in [-0.2, -0.15) is 0 Å². The molecule has 1 aromatic rings. The van der Waals surface area contributed by atoms with Gasteiger partial charge in [-0.05, 0) is 44.0 Å². The standard InChI is InChI=1S/C14H19N3O2.ClH/c1-10(15)13(18)16-12-6-4-11(5-7-12)14(19)17-8-2-3-9-17;/h4-7,10H,2-3,8-9,15H2,1H3,(H,16,18);1H/t10-;/m1./s1. The molecule has 1 heterocycles. The second-order valence-corrected chi connectivity index (χ2v) is 4.85. The number of rotatable bonds is 3. The van der Waals surface area contributed by atoms with Gasteiger partial charge in [-0.25, -0.2) is 0 Å². The van der Waals surface area contributed by atoms with Crippen LogP contribution in [0.1, 0.15) is 30.1 Å². The summed E-state index contributed by atoms with van der Waals surface area (Å²) in [6, 6.07) is 6.37. The van der Waals surface area contributed by atoms with Gasteiger partial charge in [0.05, 0.1) is 6.04 Å². The van der Waals surface area contributed by atoms with E-state index >= 15 is 0 Å². The summed E-state index contributed by atoms with van der Waals surface area (Å²) in [4.78, 5) is 25.4. The Balaban J connectivity index is 0.00000200. The van der Waals surface area contributed by atoms with Crippen LogP contribution in [-0.2, 0) is 4.79 Å². The molecular formula is C14H20ClN3O2. The summed E-state index contributed by atoms with van der Waals surface area (Å²) >= 11 is 0. The number of benzene rings is 1. The van der Waals surface area contributed by atoms with Gasteiger partial charge in [0, 0.05) is 24.3 Å². The Morgan fingerprint density at radius 3 is 2.25 bits per heavy atom. The Labute approximate surface area is 124 Å². The highest BCUT2D eigenvalue weighted by atomic mass is 35.5. The van der Waals surface area contributed by atoms with E-state index in [0.29, 0.717) is 11.3 Å². The zero-order valence-electron chi connectivity index (χ0n) is 11.5. The number of halogens is 1. The van der Waals surface area contributed by atoms with Crippen molar-refractivity contribution >= 4 is 29.9 Å². The highest BCUT2D eigenvalue weighted by molar-refractivity contribution is 5.97. The first kappa shape index (κ1) is 16.5. The summed E-state index contributed by atoms with van der Waals surface area (Å²) in [7, 11) is 0. The molecule has 0 radical (unpaired) electrons. The van der Waals surface area contributed by atoms with Gasteiger partial charge >= 0.3 is 0 Å². The molecular weight excluding hydrogens is 278 g/mol. The average Bonchev–Trinajstić information content (AvgIpc) is 2.92. The molecule has 0 aromatic heterocycles. The van der Waals surface area contributed by atoms with Crippen molar-refractivity contribution in [1.82, 2.24) is 4.90 Å². The van der Waals surface area contributed by atoms with Crippen LogP contribution in [0.4, 0.5) is 5.69 Å². The molecule has 2 amide bonds. The van der Waals surface area contributed by atoms with Crippen LogP contribution in [0.3, 0.4) is 0 Å². The lowest BCUT2D eigenvalue weighted by molar-refractivity contribution is -0.117. The van der Waals surface area contributed by atoms with Crippen molar-refractivity contribution < 1.29 is 9.59 Å². The highest BCUT2D eigenvalue weighted by Crippen LogP contribution is 2.15. The van der Waals surface area contributed by atoms with Crippen molar-refractivity contribution in [2.75, 3.05) is 18.4 Å². The molecule has 1 saturated heterocycles. The molecule has 1 aromatic carbocycles. The van der Waals surface area contributed by atoms with Crippen molar-refractivity contribution in [3.8, 4) is 0 Å². The molecule has 0 saturated carbocycles. The molecule has 0 bridgehead atoms. The normalized spacial score (nSPS) is 15.4. The molecule has 1 aliphatic rings. The fraction of sp³-hybridized carbons (Fsp3) is 0.429. The maximum Gasteiger partial charge on any atom is 0.253 e. The Morgan fingerprint density at radius 1 is 1.20 bits per heavy atom. The van der Waals surface area contributed by atoms with Crippen LogP contribution in [0.15, 0.2) is 24.3 Å². The van der Waals surface area contributed by atoms with Crippen LogP contribution in [0, 0.1) is 0 Å². The Morgan fingerprint density at radius 2 is 1.75 bits per heavy atom. The first-order valence-electron chi connectivity index (χ1n) is 6.54. The van der Waals surface area contributed by atoms with E-state index in [-0.39, 0.29) is 24.2 Å². The average molecular weight is 298 g/mol. The molecule has 0 unspecified atom stereocenters. The monoisotopic (exact) mass is 297 g/mol. The molecule has 1 aliphatic heterocycles. The van der Waals surface area contributed by atoms with E-state index < -0.39 is 6.04 Å². The number of nitrogens with one attached hydrogen (secondary N) is 1. The molecule has 0 aliphatic carbocycles. The summed E-state index contributed by atoms with van der Waals surface area (Å²) < 4.78 is 0. The summed E-state index contributed by atoms with van der Waals surface area (Å²) in [5.74, 6) is -0.179. The van der Waals surface area contributed by atoms with E-state index in [1.807, 2.05) is 4.90 Å². The van der Waals surface area contributed by atoms with E-state index in [1.54, 1.807) is 31.2 Å². The molecule has 5 nitrogen and oxygen atoms in total. The summed E-state index contributed by atoms with van der Waals surface area (Å²) in [6.07, 6.45) is 2.16. The molecule has 1 atom stereocenters. The van der Waals surface area contributed by atoms with Gasteiger partial charge in [-0.1, -0.05) is 0 Å². The predicted octanol–water partition coefficient (Wildman–Crippen LogP) is 1.63. The molecule has 2 rings (SSSR count). The van der Waals surface area contributed by atoms with Crippen LogP contribution < -0.4 is 11.1 Å². The fourth-order valence-electron chi connectivity index (χ4n) is 2.06. The van der Waals surface area contributed by atoms with Crippen LogP contribution in [0.25, 0.3) is 0 Å². The number of hydrogen-bond acceptors (Lipinski definition) is 3. The highest BCUT2D eigenvalue weighted by Gasteiger charge is 2.19. The van der Waals surface area contributed by atoms with E-state index in [1.165, 1.54) is 0 Å². The number of carbonyl (C=O) groups is 2. The predicted molar refractivity (Wildman–Crippen MR) is 81.1 cm³/mol. The van der Waals surface area contributed by atoms with Gasteiger partial charge in [0.1, 0.15) is 0 Å². The molecule has 1 fully saturated rings. The molecule has 3 N–H and O–H groups in total. The number of nitrogens with zero attached hydrogens (tertiary/aromatic N) is 1. The molecule has 6 heteroatoms. The molecule has 20 heavy (non-hydrogen) atoms. The second-order valence-electron chi connectivity index (χ2n) is 4.85. The number of likely N-dealkylation sites (tertiary alicyclic amines) is 1. The smallest absolute Gasteiger partial charge is 0.253 e. The van der Waals surface area contributed by atoms with E-state index in [4.69, 9.17) is 5.73 Å². The minimum absolute atomic E-state index is 0. The van der Waals surface area contributed by atoms with Crippen LogP contribution in [0.5, 0.6) is 0 Å². The lowest BCUT2D eigenvalue weighted by atomic mass is 10.2. The van der Waals surface area contributed by atoms with E-state index in [2.05, 4.69) is 5.32 Å². The molecule has 110 valence electrons. The minimum Gasteiger partial charge on any atom is -0.339 e. The van der Waals surface area contributed by atoms with Gasteiger partial charge in [0.15, 0.2) is 0 Å². The molecule has 0 spiro atoms. The zero-order valence-corrected chi connectivity index (χ0v) is 12.3. The Bertz CT molecular complexity index is 468. The summed E-state index contributed by atoms with van der Waals surface area (Å²) in [6.45, 7) is 3.30. The number of nitrogens with two attached hydrogens (primary N) is 1. The Kier molecular flexibility index (Phi) is 5.98. The number of carbonyl (C=O) groups excluding carboxylic acids is 2. The Hall–Kier alpha value is -1.59. The van der Waals surface area contributed by atoms with E-state index in [0.717, 1.165) is 25.9 Å². The lowest BCUT2D eigenvalue weighted by Crippen LogP contribution is -2.32. The van der Waals surface area contributed by atoms with Crippen LogP contribution in [0.2, 0.25) is 0 Å². The summed E-state index contributed by atoms with van der Waals surface area (Å²) in [5.41, 5.74) is 6.78. The number of hydrogen-bond donors (Lipinski definition) is 2. The lowest BCUT2D eigenvalue weighted by Gasteiger charge is -2.15. The minimum atomic E-state index is -0.550.